The predicted octanol–water partition coefficient (Wildman–Crippen LogP) is 4.44. The first-order valence-corrected chi connectivity index (χ1v) is 9.43. The number of carbonyl (C=O) groups is 2. The first-order valence-electron chi connectivity index (χ1n) is 9.43. The molecule has 0 saturated heterocycles. The summed E-state index contributed by atoms with van der Waals surface area (Å²) in [5.74, 6) is -2.99. The van der Waals surface area contributed by atoms with E-state index in [2.05, 4.69) is 20.8 Å². The highest BCUT2D eigenvalue weighted by molar-refractivity contribution is 5.92. The Morgan fingerprint density at radius 3 is 1.67 bits per heavy atom. The third kappa shape index (κ3) is 11.3. The van der Waals surface area contributed by atoms with E-state index < -0.39 is 17.9 Å². The first-order chi connectivity index (χ1) is 11.0. The zero-order chi connectivity index (χ0) is 17.7. The van der Waals surface area contributed by atoms with Crippen molar-refractivity contribution in [2.75, 3.05) is 0 Å². The maximum atomic E-state index is 11.2. The Labute approximate surface area is 163 Å². The molecule has 0 fully saturated rings. The van der Waals surface area contributed by atoms with Crippen molar-refractivity contribution in [1.82, 2.24) is 0 Å². The van der Waals surface area contributed by atoms with Gasteiger partial charge in [0.2, 0.25) is 0 Å². The Morgan fingerprint density at radius 2 is 1.21 bits per heavy atom. The maximum Gasteiger partial charge on any atom is 0.317 e. The second kappa shape index (κ2) is 16.2. The van der Waals surface area contributed by atoms with E-state index in [1.807, 2.05) is 0 Å². The lowest BCUT2D eigenvalue weighted by Crippen LogP contribution is -2.28. The van der Waals surface area contributed by atoms with Gasteiger partial charge in [-0.25, -0.2) is 0 Å². The molecule has 0 aromatic carbocycles. The average molecular weight is 355 g/mol. The van der Waals surface area contributed by atoms with Crippen LogP contribution in [-0.4, -0.2) is 45.2 Å². The minimum atomic E-state index is -1.26. The van der Waals surface area contributed by atoms with Gasteiger partial charge in [0.1, 0.15) is 0 Å². The van der Waals surface area contributed by atoms with Crippen LogP contribution < -0.4 is 0 Å². The van der Waals surface area contributed by atoms with Crippen LogP contribution in [0.15, 0.2) is 0 Å². The van der Waals surface area contributed by atoms with Gasteiger partial charge in [-0.15, -0.1) is 0 Å². The third-order valence-electron chi connectivity index (χ3n) is 4.93. The van der Waals surface area contributed by atoms with Crippen molar-refractivity contribution in [2.45, 2.75) is 91.4 Å². The Bertz CT molecular complexity index is 319. The summed E-state index contributed by atoms with van der Waals surface area (Å²) in [7, 11) is 0. The number of unbranched alkanes of at least 4 members (excludes halogenated alkanes) is 5. The smallest absolute Gasteiger partial charge is 0.317 e. The molecule has 0 aliphatic rings. The molecule has 2 N–H and O–H groups in total. The van der Waals surface area contributed by atoms with Crippen LogP contribution >= 0.6 is 0 Å². The molecule has 4 nitrogen and oxygen atoms in total. The molecular weight excluding hydrogens is 317 g/mol. The topological polar surface area (TPSA) is 74.6 Å². The van der Waals surface area contributed by atoms with E-state index in [-0.39, 0.29) is 35.4 Å². The molecule has 0 aromatic heterocycles. The first kappa shape index (κ1) is 25.9. The maximum absolute atomic E-state index is 11.2. The fourth-order valence-corrected chi connectivity index (χ4v) is 3.42. The van der Waals surface area contributed by atoms with Crippen molar-refractivity contribution in [3.8, 4) is 0 Å². The fourth-order valence-electron chi connectivity index (χ4n) is 3.42. The Hall–Kier alpha value is -0.294. The number of hydrogen-bond acceptors (Lipinski definition) is 2. The molecule has 0 amide bonds. The van der Waals surface area contributed by atoms with Gasteiger partial charge in [-0.2, -0.15) is 0 Å². The van der Waals surface area contributed by atoms with Gasteiger partial charge in [0.25, 0.3) is 0 Å². The molecule has 0 saturated carbocycles. The van der Waals surface area contributed by atoms with Crippen LogP contribution in [0.2, 0.25) is 0 Å². The van der Waals surface area contributed by atoms with E-state index in [9.17, 15) is 19.8 Å². The van der Waals surface area contributed by atoms with Crippen molar-refractivity contribution >= 4 is 35.0 Å². The lowest BCUT2D eigenvalue weighted by Gasteiger charge is -2.28. The molecule has 0 aromatic rings. The highest BCUT2D eigenvalue weighted by atomic mass is 24.3. The van der Waals surface area contributed by atoms with Gasteiger partial charge in [0.15, 0.2) is 5.92 Å². The summed E-state index contributed by atoms with van der Waals surface area (Å²) in [5, 5.41) is 18.4. The lowest BCUT2D eigenvalue weighted by atomic mass is 9.77. The standard InChI is InChI=1S/C19H36O4.Mg.2H/c1-4-7-9-11-13-16(14-17(18(20)21)19(22)23)15(6-3)12-10-8-5-2;;;/h15-17H,4-14H2,1-3H3,(H,20,21)(H,22,23);;;. The molecule has 0 spiro atoms. The van der Waals surface area contributed by atoms with Gasteiger partial charge < -0.3 is 10.2 Å². The largest absolute Gasteiger partial charge is 0.481 e. The van der Waals surface area contributed by atoms with Crippen molar-refractivity contribution in [3.05, 3.63) is 0 Å². The summed E-state index contributed by atoms with van der Waals surface area (Å²) >= 11 is 0. The number of carboxylic acid groups (broad SMARTS) is 2. The minimum absolute atomic E-state index is 0. The Morgan fingerprint density at radius 1 is 0.750 bits per heavy atom. The van der Waals surface area contributed by atoms with Crippen molar-refractivity contribution < 1.29 is 19.8 Å². The molecule has 0 heterocycles. The second-order valence-corrected chi connectivity index (χ2v) is 6.74. The van der Waals surface area contributed by atoms with Gasteiger partial charge in [0, 0.05) is 0 Å². The van der Waals surface area contributed by atoms with Crippen LogP contribution in [0.25, 0.3) is 0 Å². The summed E-state index contributed by atoms with van der Waals surface area (Å²) in [6.45, 7) is 6.49. The molecule has 0 aliphatic heterocycles. The van der Waals surface area contributed by atoms with Gasteiger partial charge in [-0.1, -0.05) is 85.0 Å². The highest BCUT2D eigenvalue weighted by Crippen LogP contribution is 2.32. The minimum Gasteiger partial charge on any atom is -0.481 e. The van der Waals surface area contributed by atoms with Crippen LogP contribution in [0, 0.1) is 17.8 Å². The van der Waals surface area contributed by atoms with Crippen molar-refractivity contribution in [1.29, 1.82) is 0 Å². The van der Waals surface area contributed by atoms with Crippen LogP contribution in [0.5, 0.6) is 0 Å². The molecule has 0 aliphatic carbocycles. The quantitative estimate of drug-likeness (QED) is 0.259. The summed E-state index contributed by atoms with van der Waals surface area (Å²) in [5.41, 5.74) is 0. The molecule has 0 rings (SSSR count). The fraction of sp³-hybridized carbons (Fsp3) is 0.895. The molecule has 24 heavy (non-hydrogen) atoms. The van der Waals surface area contributed by atoms with Crippen LogP contribution in [0.1, 0.15) is 91.4 Å². The third-order valence-corrected chi connectivity index (χ3v) is 4.93. The number of aliphatic carboxylic acids is 2. The number of rotatable bonds is 15. The molecule has 2 atom stereocenters. The van der Waals surface area contributed by atoms with Crippen molar-refractivity contribution in [2.24, 2.45) is 17.8 Å². The van der Waals surface area contributed by atoms with Crippen LogP contribution in [0.4, 0.5) is 0 Å². The van der Waals surface area contributed by atoms with Gasteiger partial charge in [0.05, 0.1) is 0 Å². The van der Waals surface area contributed by atoms with E-state index in [4.69, 9.17) is 0 Å². The van der Waals surface area contributed by atoms with Crippen LogP contribution in [-0.2, 0) is 9.59 Å². The lowest BCUT2D eigenvalue weighted by molar-refractivity contribution is -0.155. The Kier molecular flexibility index (Phi) is 17.5. The van der Waals surface area contributed by atoms with E-state index in [0.29, 0.717) is 5.92 Å². The summed E-state index contributed by atoms with van der Waals surface area (Å²) in [6.07, 6.45) is 11.5. The van der Waals surface area contributed by atoms with E-state index in [0.717, 1.165) is 38.5 Å². The molecule has 0 radical (unpaired) electrons. The number of hydrogen-bond donors (Lipinski definition) is 2. The Balaban J connectivity index is 0. The SMILES string of the molecule is CCCCCCC(CC(C(=O)O)C(=O)O)C(CC)CCCCC.[MgH2]. The summed E-state index contributed by atoms with van der Waals surface area (Å²) in [6, 6.07) is 0. The normalized spacial score (nSPS) is 13.3. The van der Waals surface area contributed by atoms with Gasteiger partial charge >= 0.3 is 35.0 Å². The van der Waals surface area contributed by atoms with Crippen molar-refractivity contribution in [3.63, 3.8) is 0 Å². The number of carboxylic acids is 2. The molecule has 2 unspecified atom stereocenters. The van der Waals surface area contributed by atoms with E-state index >= 15 is 0 Å². The summed E-state index contributed by atoms with van der Waals surface area (Å²) in [4.78, 5) is 22.5. The molecular formula is C19H38MgO4. The van der Waals surface area contributed by atoms with E-state index in [1.54, 1.807) is 0 Å². The molecule has 0 bridgehead atoms. The average Bonchev–Trinajstić information content (AvgIpc) is 2.51. The van der Waals surface area contributed by atoms with E-state index in [1.165, 1.54) is 25.7 Å². The molecule has 5 heteroatoms. The second-order valence-electron chi connectivity index (χ2n) is 6.74. The van der Waals surface area contributed by atoms with Gasteiger partial charge in [-0.05, 0) is 18.3 Å². The zero-order valence-electron chi connectivity index (χ0n) is 15.2. The molecule has 140 valence electrons. The summed E-state index contributed by atoms with van der Waals surface area (Å²) < 4.78 is 0. The zero-order valence-corrected chi connectivity index (χ0v) is 15.2. The van der Waals surface area contributed by atoms with Crippen LogP contribution in [0.3, 0.4) is 0 Å². The predicted molar refractivity (Wildman–Crippen MR) is 102 cm³/mol. The van der Waals surface area contributed by atoms with Gasteiger partial charge in [-0.3, -0.25) is 9.59 Å². The monoisotopic (exact) mass is 354 g/mol. The highest BCUT2D eigenvalue weighted by Gasteiger charge is 2.31.